The highest BCUT2D eigenvalue weighted by Gasteiger charge is 2.27. The summed E-state index contributed by atoms with van der Waals surface area (Å²) in [5.41, 5.74) is 1.60. The van der Waals surface area contributed by atoms with Crippen LogP contribution < -0.4 is 9.62 Å². The fourth-order valence-corrected chi connectivity index (χ4v) is 4.81. The van der Waals surface area contributed by atoms with Crippen molar-refractivity contribution in [2.45, 2.75) is 43.7 Å². The third kappa shape index (κ3) is 4.97. The number of nitrogens with zero attached hydrogens (tertiary/aromatic N) is 2. The number of piperidine rings is 1. The number of anilines is 1. The highest BCUT2D eigenvalue weighted by atomic mass is 32.2. The average Bonchev–Trinajstić information content (AvgIpc) is 2.73. The summed E-state index contributed by atoms with van der Waals surface area (Å²) in [6.45, 7) is 5.37. The zero-order valence-corrected chi connectivity index (χ0v) is 18.0. The molecular weight excluding hydrogens is 386 g/mol. The molecule has 1 fully saturated rings. The van der Waals surface area contributed by atoms with Crippen molar-refractivity contribution in [3.05, 3.63) is 60.2 Å². The van der Waals surface area contributed by atoms with Crippen molar-refractivity contribution in [1.82, 2.24) is 9.62 Å². The number of nitrogens with one attached hydrogen (secondary N) is 1. The number of carbonyl (C=O) groups is 1. The van der Waals surface area contributed by atoms with E-state index in [0.717, 1.165) is 5.69 Å². The topological polar surface area (TPSA) is 69.7 Å². The molecule has 1 N–H and O–H groups in total. The third-order valence-electron chi connectivity index (χ3n) is 5.44. The number of amides is 1. The first kappa shape index (κ1) is 21.3. The molecule has 3 rings (SSSR count). The van der Waals surface area contributed by atoms with E-state index in [1.54, 1.807) is 35.2 Å². The van der Waals surface area contributed by atoms with E-state index >= 15 is 0 Å². The zero-order chi connectivity index (χ0) is 21.0. The second-order valence-electron chi connectivity index (χ2n) is 7.72. The first-order valence-electron chi connectivity index (χ1n) is 9.98. The first-order valence-corrected chi connectivity index (χ1v) is 11.5. The largest absolute Gasteiger partial charge is 0.371 e. The summed E-state index contributed by atoms with van der Waals surface area (Å²) < 4.78 is 27.9. The molecule has 1 amide bonds. The van der Waals surface area contributed by atoms with Crippen molar-refractivity contribution in [1.29, 1.82) is 0 Å². The van der Waals surface area contributed by atoms with Gasteiger partial charge in [-0.25, -0.2) is 13.1 Å². The van der Waals surface area contributed by atoms with Crippen LogP contribution in [0, 0.1) is 0 Å². The molecule has 2 aromatic rings. The second kappa shape index (κ2) is 8.97. The monoisotopic (exact) mass is 415 g/mol. The number of para-hydroxylation sites is 1. The summed E-state index contributed by atoms with van der Waals surface area (Å²) in [5, 5.41) is 0. The summed E-state index contributed by atoms with van der Waals surface area (Å²) in [6.07, 6.45) is 1.38. The van der Waals surface area contributed by atoms with E-state index in [9.17, 15) is 13.2 Å². The average molecular weight is 416 g/mol. The van der Waals surface area contributed by atoms with Crippen molar-refractivity contribution in [2.24, 2.45) is 0 Å². The van der Waals surface area contributed by atoms with Crippen LogP contribution in [0.4, 0.5) is 5.69 Å². The lowest BCUT2D eigenvalue weighted by atomic mass is 10.0. The SMILES string of the molecule is CC(C)N(C)C(=O)c1ccccc1N1CCC(NS(=O)(=O)c2ccccc2)CC1. The molecule has 0 unspecified atom stereocenters. The minimum absolute atomic E-state index is 0.00232. The van der Waals surface area contributed by atoms with Gasteiger partial charge >= 0.3 is 0 Å². The Kier molecular flexibility index (Phi) is 6.59. The Morgan fingerprint density at radius 2 is 1.62 bits per heavy atom. The maximum absolute atomic E-state index is 12.9. The molecule has 156 valence electrons. The van der Waals surface area contributed by atoms with Gasteiger partial charge < -0.3 is 9.80 Å². The summed E-state index contributed by atoms with van der Waals surface area (Å²) in [4.78, 5) is 17.1. The van der Waals surface area contributed by atoms with Gasteiger partial charge in [-0.3, -0.25) is 4.79 Å². The van der Waals surface area contributed by atoms with Crippen LogP contribution in [-0.2, 0) is 10.0 Å². The molecule has 0 aliphatic carbocycles. The molecule has 0 spiro atoms. The number of hydrogen-bond donors (Lipinski definition) is 1. The number of hydrogen-bond acceptors (Lipinski definition) is 4. The van der Waals surface area contributed by atoms with Crippen molar-refractivity contribution in [3.63, 3.8) is 0 Å². The lowest BCUT2D eigenvalue weighted by Gasteiger charge is -2.35. The van der Waals surface area contributed by atoms with E-state index in [1.165, 1.54) is 0 Å². The van der Waals surface area contributed by atoms with Gasteiger partial charge in [0.2, 0.25) is 10.0 Å². The van der Waals surface area contributed by atoms with Crippen LogP contribution >= 0.6 is 0 Å². The van der Waals surface area contributed by atoms with Gasteiger partial charge in [-0.15, -0.1) is 0 Å². The number of sulfonamides is 1. The summed E-state index contributed by atoms with van der Waals surface area (Å²) in [7, 11) is -1.70. The standard InChI is InChI=1S/C22H29N3O3S/c1-17(2)24(3)22(26)20-11-7-8-12-21(20)25-15-13-18(14-16-25)23-29(27,28)19-9-5-4-6-10-19/h4-12,17-18,23H,13-16H2,1-3H3. The Balaban J connectivity index is 1.68. The maximum atomic E-state index is 12.9. The highest BCUT2D eigenvalue weighted by Crippen LogP contribution is 2.26. The van der Waals surface area contributed by atoms with Crippen molar-refractivity contribution >= 4 is 21.6 Å². The van der Waals surface area contributed by atoms with Crippen LogP contribution in [-0.4, -0.2) is 51.4 Å². The second-order valence-corrected chi connectivity index (χ2v) is 9.44. The third-order valence-corrected chi connectivity index (χ3v) is 6.98. The fraction of sp³-hybridized carbons (Fsp3) is 0.409. The molecule has 7 heteroatoms. The van der Waals surface area contributed by atoms with E-state index < -0.39 is 10.0 Å². The van der Waals surface area contributed by atoms with Gasteiger partial charge in [0.05, 0.1) is 10.5 Å². The predicted molar refractivity (Wildman–Crippen MR) is 116 cm³/mol. The molecule has 0 atom stereocenters. The lowest BCUT2D eigenvalue weighted by Crippen LogP contribution is -2.45. The molecule has 0 aromatic heterocycles. The van der Waals surface area contributed by atoms with Gasteiger partial charge in [0.15, 0.2) is 0 Å². The van der Waals surface area contributed by atoms with E-state index in [2.05, 4.69) is 9.62 Å². The molecule has 1 heterocycles. The van der Waals surface area contributed by atoms with E-state index in [0.29, 0.717) is 31.5 Å². The number of carbonyl (C=O) groups excluding carboxylic acids is 1. The molecule has 0 bridgehead atoms. The molecule has 0 saturated carbocycles. The summed E-state index contributed by atoms with van der Waals surface area (Å²) in [5.74, 6) is 0.00232. The van der Waals surface area contributed by atoms with Gasteiger partial charge in [0.25, 0.3) is 5.91 Å². The molecule has 1 aliphatic heterocycles. The highest BCUT2D eigenvalue weighted by molar-refractivity contribution is 7.89. The fourth-order valence-electron chi connectivity index (χ4n) is 3.48. The smallest absolute Gasteiger partial charge is 0.255 e. The van der Waals surface area contributed by atoms with E-state index in [4.69, 9.17) is 0 Å². The first-order chi connectivity index (χ1) is 13.8. The maximum Gasteiger partial charge on any atom is 0.255 e. The molecule has 1 saturated heterocycles. The van der Waals surface area contributed by atoms with Crippen LogP contribution in [0.15, 0.2) is 59.5 Å². The molecular formula is C22H29N3O3S. The minimum atomic E-state index is -3.51. The number of benzene rings is 2. The van der Waals surface area contributed by atoms with Gasteiger partial charge in [-0.1, -0.05) is 30.3 Å². The quantitative estimate of drug-likeness (QED) is 0.787. The lowest BCUT2D eigenvalue weighted by molar-refractivity contribution is 0.0755. The zero-order valence-electron chi connectivity index (χ0n) is 17.2. The van der Waals surface area contributed by atoms with Crippen LogP contribution in [0.3, 0.4) is 0 Å². The molecule has 6 nitrogen and oxygen atoms in total. The van der Waals surface area contributed by atoms with Crippen LogP contribution in [0.5, 0.6) is 0 Å². The summed E-state index contributed by atoms with van der Waals surface area (Å²) >= 11 is 0. The minimum Gasteiger partial charge on any atom is -0.371 e. The van der Waals surface area contributed by atoms with Crippen LogP contribution in [0.2, 0.25) is 0 Å². The van der Waals surface area contributed by atoms with Gasteiger partial charge in [-0.05, 0) is 51.0 Å². The molecule has 2 aromatic carbocycles. The Hall–Kier alpha value is -2.38. The van der Waals surface area contributed by atoms with E-state index in [1.807, 2.05) is 45.2 Å². The van der Waals surface area contributed by atoms with Crippen molar-refractivity contribution < 1.29 is 13.2 Å². The molecule has 1 aliphatic rings. The molecule has 29 heavy (non-hydrogen) atoms. The number of rotatable bonds is 6. The summed E-state index contributed by atoms with van der Waals surface area (Å²) in [6, 6.07) is 16.1. The molecule has 0 radical (unpaired) electrons. The Morgan fingerprint density at radius 1 is 1.03 bits per heavy atom. The Labute approximate surface area is 173 Å². The van der Waals surface area contributed by atoms with Crippen molar-refractivity contribution in [2.75, 3.05) is 25.0 Å². The normalized spacial score (nSPS) is 15.5. The van der Waals surface area contributed by atoms with Gasteiger partial charge in [0.1, 0.15) is 0 Å². The van der Waals surface area contributed by atoms with Crippen LogP contribution in [0.1, 0.15) is 37.0 Å². The van der Waals surface area contributed by atoms with Crippen LogP contribution in [0.25, 0.3) is 0 Å². The predicted octanol–water partition coefficient (Wildman–Crippen LogP) is 3.11. The Morgan fingerprint density at radius 3 is 2.24 bits per heavy atom. The van der Waals surface area contributed by atoms with Crippen molar-refractivity contribution in [3.8, 4) is 0 Å². The van der Waals surface area contributed by atoms with Gasteiger partial charge in [-0.2, -0.15) is 0 Å². The van der Waals surface area contributed by atoms with Gasteiger partial charge in [0, 0.05) is 37.9 Å². The van der Waals surface area contributed by atoms with E-state index in [-0.39, 0.29) is 22.9 Å². The Bertz CT molecular complexity index is 937.